The Morgan fingerprint density at radius 1 is 1.16 bits per heavy atom. The Balaban J connectivity index is 1.42. The van der Waals surface area contributed by atoms with Crippen molar-refractivity contribution in [2.45, 2.75) is 24.7 Å². The molecule has 4 rings (SSSR count). The standard InChI is InChI=1S/C23H24N4O3S/c1-16(20-14-18-10-6-7-11-19(18)30-20)24-21(28)15-31-23-26-25-22(27(23)12-13-29-2)17-8-4-3-5-9-17/h3-11,14,16H,12-13,15H2,1-2H3,(H,24,28)/t16-/m0/s1. The molecule has 4 aromatic rings. The van der Waals surface area contributed by atoms with Crippen molar-refractivity contribution >= 4 is 28.6 Å². The molecule has 0 saturated heterocycles. The van der Waals surface area contributed by atoms with Gasteiger partial charge < -0.3 is 14.5 Å². The monoisotopic (exact) mass is 436 g/mol. The van der Waals surface area contributed by atoms with Crippen molar-refractivity contribution in [3.63, 3.8) is 0 Å². The Morgan fingerprint density at radius 3 is 2.71 bits per heavy atom. The quantitative estimate of drug-likeness (QED) is 0.394. The molecule has 0 fully saturated rings. The van der Waals surface area contributed by atoms with E-state index < -0.39 is 0 Å². The summed E-state index contributed by atoms with van der Waals surface area (Å²) in [5, 5.41) is 13.3. The van der Waals surface area contributed by atoms with Gasteiger partial charge in [-0.25, -0.2) is 0 Å². The van der Waals surface area contributed by atoms with Crippen LogP contribution in [0, 0.1) is 0 Å². The van der Waals surface area contributed by atoms with Gasteiger partial charge in [0.1, 0.15) is 11.3 Å². The second kappa shape index (κ2) is 9.80. The number of carbonyl (C=O) groups is 1. The van der Waals surface area contributed by atoms with Crippen LogP contribution < -0.4 is 5.32 Å². The number of para-hydroxylation sites is 1. The fourth-order valence-electron chi connectivity index (χ4n) is 3.28. The Kier molecular flexibility index (Phi) is 6.69. The SMILES string of the molecule is COCCn1c(SCC(=O)N[C@@H](C)c2cc3ccccc3o2)nnc1-c1ccccc1. The number of nitrogens with zero attached hydrogens (tertiary/aromatic N) is 3. The lowest BCUT2D eigenvalue weighted by Gasteiger charge is -2.12. The van der Waals surface area contributed by atoms with Crippen LogP contribution in [0.1, 0.15) is 18.7 Å². The third-order valence-corrected chi connectivity index (χ3v) is 5.82. The molecular weight excluding hydrogens is 412 g/mol. The largest absolute Gasteiger partial charge is 0.459 e. The van der Waals surface area contributed by atoms with Gasteiger partial charge in [0.25, 0.3) is 0 Å². The van der Waals surface area contributed by atoms with Gasteiger partial charge in [0, 0.05) is 18.1 Å². The smallest absolute Gasteiger partial charge is 0.231 e. The van der Waals surface area contributed by atoms with E-state index in [9.17, 15) is 4.79 Å². The maximum atomic E-state index is 12.6. The fourth-order valence-corrected chi connectivity index (χ4v) is 4.06. The van der Waals surface area contributed by atoms with Gasteiger partial charge in [-0.1, -0.05) is 60.3 Å². The van der Waals surface area contributed by atoms with Gasteiger partial charge in [-0.05, 0) is 19.1 Å². The molecule has 0 unspecified atom stereocenters. The zero-order valence-corrected chi connectivity index (χ0v) is 18.3. The number of aromatic nitrogens is 3. The topological polar surface area (TPSA) is 82.2 Å². The van der Waals surface area contributed by atoms with Crippen LogP contribution in [0.2, 0.25) is 0 Å². The summed E-state index contributed by atoms with van der Waals surface area (Å²) in [6.07, 6.45) is 0. The van der Waals surface area contributed by atoms with Crippen molar-refractivity contribution in [3.8, 4) is 11.4 Å². The fraction of sp³-hybridized carbons (Fsp3) is 0.261. The van der Waals surface area contributed by atoms with Crippen molar-refractivity contribution < 1.29 is 13.9 Å². The summed E-state index contributed by atoms with van der Waals surface area (Å²) in [6.45, 7) is 3.04. The van der Waals surface area contributed by atoms with Crippen molar-refractivity contribution in [2.75, 3.05) is 19.5 Å². The number of nitrogens with one attached hydrogen (secondary N) is 1. The number of hydrogen-bond donors (Lipinski definition) is 1. The summed E-state index contributed by atoms with van der Waals surface area (Å²) >= 11 is 1.35. The molecule has 0 radical (unpaired) electrons. The molecule has 0 bridgehead atoms. The van der Waals surface area contributed by atoms with Crippen molar-refractivity contribution in [1.29, 1.82) is 0 Å². The van der Waals surface area contributed by atoms with E-state index in [0.29, 0.717) is 18.3 Å². The molecule has 1 N–H and O–H groups in total. The molecular formula is C23H24N4O3S. The van der Waals surface area contributed by atoms with Gasteiger partial charge in [0.2, 0.25) is 5.91 Å². The van der Waals surface area contributed by atoms with Crippen LogP contribution in [0.4, 0.5) is 0 Å². The van der Waals surface area contributed by atoms with Crippen LogP contribution in [-0.4, -0.2) is 40.1 Å². The Labute approximate surface area is 184 Å². The van der Waals surface area contributed by atoms with Crippen molar-refractivity contribution in [3.05, 3.63) is 66.4 Å². The highest BCUT2D eigenvalue weighted by molar-refractivity contribution is 7.99. The zero-order valence-electron chi connectivity index (χ0n) is 17.4. The second-order valence-electron chi connectivity index (χ2n) is 7.08. The van der Waals surface area contributed by atoms with Gasteiger partial charge in [0.15, 0.2) is 11.0 Å². The second-order valence-corrected chi connectivity index (χ2v) is 8.02. The number of fused-ring (bicyclic) bond motifs is 1. The predicted molar refractivity (Wildman–Crippen MR) is 121 cm³/mol. The lowest BCUT2D eigenvalue weighted by atomic mass is 10.2. The van der Waals surface area contributed by atoms with Crippen LogP contribution in [0.5, 0.6) is 0 Å². The Morgan fingerprint density at radius 2 is 1.94 bits per heavy atom. The molecule has 0 aliphatic heterocycles. The molecule has 1 amide bonds. The van der Waals surface area contributed by atoms with E-state index >= 15 is 0 Å². The first kappa shape index (κ1) is 21.1. The Bertz CT molecular complexity index is 1120. The molecule has 2 heterocycles. The third kappa shape index (κ3) is 4.98. The lowest BCUT2D eigenvalue weighted by Crippen LogP contribution is -2.28. The van der Waals surface area contributed by atoms with E-state index in [0.717, 1.165) is 28.1 Å². The number of hydrogen-bond acceptors (Lipinski definition) is 6. The van der Waals surface area contributed by atoms with E-state index in [4.69, 9.17) is 9.15 Å². The number of thioether (sulfide) groups is 1. The van der Waals surface area contributed by atoms with Crippen LogP contribution in [0.15, 0.2) is 70.2 Å². The molecule has 0 aliphatic carbocycles. The van der Waals surface area contributed by atoms with Gasteiger partial charge in [0.05, 0.1) is 24.9 Å². The maximum Gasteiger partial charge on any atom is 0.231 e. The minimum Gasteiger partial charge on any atom is -0.459 e. The van der Waals surface area contributed by atoms with E-state index in [1.807, 2.05) is 72.2 Å². The van der Waals surface area contributed by atoms with Crippen LogP contribution in [-0.2, 0) is 16.1 Å². The summed E-state index contributed by atoms with van der Waals surface area (Å²) in [5.74, 6) is 1.62. The highest BCUT2D eigenvalue weighted by Crippen LogP contribution is 2.25. The summed E-state index contributed by atoms with van der Waals surface area (Å²) < 4.78 is 13.1. The number of benzene rings is 2. The van der Waals surface area contributed by atoms with Gasteiger partial charge in [-0.2, -0.15) is 0 Å². The molecule has 1 atom stereocenters. The molecule has 0 aliphatic rings. The van der Waals surface area contributed by atoms with E-state index in [1.54, 1.807) is 7.11 Å². The molecule has 2 aromatic carbocycles. The first-order valence-electron chi connectivity index (χ1n) is 10.0. The summed E-state index contributed by atoms with van der Waals surface area (Å²) in [6, 6.07) is 19.4. The number of ether oxygens (including phenoxy) is 1. The predicted octanol–water partition coefficient (Wildman–Crippen LogP) is 4.31. The van der Waals surface area contributed by atoms with E-state index in [1.165, 1.54) is 11.8 Å². The first-order valence-corrected chi connectivity index (χ1v) is 11.0. The molecule has 31 heavy (non-hydrogen) atoms. The summed E-state index contributed by atoms with van der Waals surface area (Å²) in [5.41, 5.74) is 1.79. The lowest BCUT2D eigenvalue weighted by molar-refractivity contribution is -0.119. The molecule has 0 saturated carbocycles. The minimum atomic E-state index is -0.230. The van der Waals surface area contributed by atoms with Crippen LogP contribution >= 0.6 is 11.8 Å². The van der Waals surface area contributed by atoms with Crippen molar-refractivity contribution in [1.82, 2.24) is 20.1 Å². The molecule has 8 heteroatoms. The molecule has 0 spiro atoms. The van der Waals surface area contributed by atoms with Gasteiger partial charge >= 0.3 is 0 Å². The number of rotatable bonds is 9. The average Bonchev–Trinajstić information content (AvgIpc) is 3.41. The van der Waals surface area contributed by atoms with Crippen LogP contribution in [0.3, 0.4) is 0 Å². The molecule has 160 valence electrons. The zero-order chi connectivity index (χ0) is 21.6. The number of furan rings is 1. The first-order chi connectivity index (χ1) is 15.2. The number of methoxy groups -OCH3 is 1. The molecule has 7 nitrogen and oxygen atoms in total. The van der Waals surface area contributed by atoms with Gasteiger partial charge in [-0.3, -0.25) is 9.36 Å². The van der Waals surface area contributed by atoms with Gasteiger partial charge in [-0.15, -0.1) is 10.2 Å². The highest BCUT2D eigenvalue weighted by Gasteiger charge is 2.18. The average molecular weight is 437 g/mol. The highest BCUT2D eigenvalue weighted by atomic mass is 32.2. The minimum absolute atomic E-state index is 0.0968. The van der Waals surface area contributed by atoms with Crippen LogP contribution in [0.25, 0.3) is 22.4 Å². The van der Waals surface area contributed by atoms with E-state index in [-0.39, 0.29) is 17.7 Å². The maximum absolute atomic E-state index is 12.6. The molecule has 2 aromatic heterocycles. The summed E-state index contributed by atoms with van der Waals surface area (Å²) in [4.78, 5) is 12.6. The number of carbonyl (C=O) groups excluding carboxylic acids is 1. The summed E-state index contributed by atoms with van der Waals surface area (Å²) in [7, 11) is 1.66. The third-order valence-electron chi connectivity index (χ3n) is 4.85. The van der Waals surface area contributed by atoms with Crippen molar-refractivity contribution in [2.24, 2.45) is 0 Å². The number of amides is 1. The normalized spacial score (nSPS) is 12.2. The van der Waals surface area contributed by atoms with E-state index in [2.05, 4.69) is 15.5 Å². The Hall–Kier alpha value is -3.10.